The fourth-order valence-electron chi connectivity index (χ4n) is 2.18. The first kappa shape index (κ1) is 17.3. The van der Waals surface area contributed by atoms with E-state index in [-0.39, 0.29) is 12.1 Å². The number of hydrogen-bond donors (Lipinski definition) is 4. The summed E-state index contributed by atoms with van der Waals surface area (Å²) in [4.78, 5) is 26.9. The minimum absolute atomic E-state index is 0.164. The van der Waals surface area contributed by atoms with Crippen LogP contribution in [0, 0.1) is 0 Å². The van der Waals surface area contributed by atoms with Crippen molar-refractivity contribution in [1.82, 2.24) is 15.6 Å². The number of urea groups is 2. The summed E-state index contributed by atoms with van der Waals surface area (Å²) in [6.45, 7) is 2.39. The number of amides is 4. The number of carbonyl (C=O) groups excluding carboxylic acids is 2. The maximum atomic E-state index is 11.9. The van der Waals surface area contributed by atoms with Crippen LogP contribution in [0.1, 0.15) is 24.2 Å². The Bertz CT molecular complexity index is 673. The molecule has 1 heterocycles. The van der Waals surface area contributed by atoms with E-state index in [1.807, 2.05) is 37.3 Å². The number of hydrogen-bond acceptors (Lipinski definition) is 3. The van der Waals surface area contributed by atoms with Crippen LogP contribution in [0.25, 0.3) is 0 Å². The molecule has 0 bridgehead atoms. The van der Waals surface area contributed by atoms with E-state index in [9.17, 15) is 9.59 Å². The summed E-state index contributed by atoms with van der Waals surface area (Å²) in [6.07, 6.45) is 2.41. The smallest absolute Gasteiger partial charge is 0.316 e. The molecule has 5 N–H and O–H groups in total. The van der Waals surface area contributed by atoms with Gasteiger partial charge in [0.15, 0.2) is 0 Å². The lowest BCUT2D eigenvalue weighted by atomic mass is 10.1. The Morgan fingerprint density at radius 3 is 2.54 bits per heavy atom. The Balaban J connectivity index is 1.77. The van der Waals surface area contributed by atoms with E-state index in [1.54, 1.807) is 18.3 Å². The fourth-order valence-corrected chi connectivity index (χ4v) is 2.18. The number of nitrogens with two attached hydrogens (primary N) is 1. The molecule has 0 fully saturated rings. The molecule has 0 aliphatic rings. The number of pyridine rings is 1. The van der Waals surface area contributed by atoms with Crippen molar-refractivity contribution in [1.29, 1.82) is 0 Å². The van der Waals surface area contributed by atoms with Crippen LogP contribution in [0.15, 0.2) is 48.7 Å². The monoisotopic (exact) mass is 327 g/mol. The molecule has 24 heavy (non-hydrogen) atoms. The highest BCUT2D eigenvalue weighted by atomic mass is 16.2. The molecule has 0 spiro atoms. The zero-order valence-electron chi connectivity index (χ0n) is 13.5. The first-order chi connectivity index (χ1) is 11.5. The van der Waals surface area contributed by atoms with E-state index in [0.717, 1.165) is 11.3 Å². The van der Waals surface area contributed by atoms with Crippen molar-refractivity contribution in [2.24, 2.45) is 5.73 Å². The lowest BCUT2D eigenvalue weighted by Gasteiger charge is -2.15. The molecule has 0 aliphatic heterocycles. The predicted octanol–water partition coefficient (Wildman–Crippen LogP) is 2.18. The third-order valence-electron chi connectivity index (χ3n) is 3.42. The van der Waals surface area contributed by atoms with Crippen LogP contribution < -0.4 is 21.7 Å². The standard InChI is InChI=1S/C17H21N5O2/c1-12(13-5-7-15(8-6-13)22-16(18)23)21-17(24)20-11-9-14-4-2-3-10-19-14/h2-8,10,12H,9,11H2,1H3,(H3,18,22,23)(H2,20,21,24)/t12-/m1/s1. The van der Waals surface area contributed by atoms with Gasteiger partial charge in [-0.2, -0.15) is 0 Å². The van der Waals surface area contributed by atoms with E-state index in [0.29, 0.717) is 18.7 Å². The minimum atomic E-state index is -0.610. The number of rotatable bonds is 6. The van der Waals surface area contributed by atoms with Crippen LogP contribution in [-0.2, 0) is 6.42 Å². The molecule has 0 saturated carbocycles. The first-order valence-corrected chi connectivity index (χ1v) is 7.65. The molecule has 4 amide bonds. The van der Waals surface area contributed by atoms with E-state index >= 15 is 0 Å². The van der Waals surface area contributed by atoms with E-state index in [2.05, 4.69) is 20.9 Å². The Morgan fingerprint density at radius 1 is 1.17 bits per heavy atom. The highest BCUT2D eigenvalue weighted by Crippen LogP contribution is 2.15. The highest BCUT2D eigenvalue weighted by molar-refractivity contribution is 5.87. The Kier molecular flexibility index (Phi) is 6.13. The first-order valence-electron chi connectivity index (χ1n) is 7.65. The number of benzene rings is 1. The van der Waals surface area contributed by atoms with Crippen molar-refractivity contribution >= 4 is 17.7 Å². The van der Waals surface area contributed by atoms with E-state index in [4.69, 9.17) is 5.73 Å². The summed E-state index contributed by atoms with van der Waals surface area (Å²) in [5.41, 5.74) is 7.52. The van der Waals surface area contributed by atoms with Gasteiger partial charge in [0.05, 0.1) is 6.04 Å². The summed E-state index contributed by atoms with van der Waals surface area (Å²) in [5.74, 6) is 0. The normalized spacial score (nSPS) is 11.4. The molecule has 0 aliphatic carbocycles. The molecule has 0 unspecified atom stereocenters. The second-order valence-corrected chi connectivity index (χ2v) is 5.30. The molecule has 1 atom stereocenters. The predicted molar refractivity (Wildman–Crippen MR) is 92.5 cm³/mol. The van der Waals surface area contributed by atoms with Gasteiger partial charge < -0.3 is 21.7 Å². The topological polar surface area (TPSA) is 109 Å². The summed E-state index contributed by atoms with van der Waals surface area (Å²) < 4.78 is 0. The molecule has 7 heteroatoms. The summed E-state index contributed by atoms with van der Waals surface area (Å²) in [6, 6.07) is 11.8. The van der Waals surface area contributed by atoms with Crippen LogP contribution in [0.5, 0.6) is 0 Å². The zero-order valence-corrected chi connectivity index (χ0v) is 13.5. The zero-order chi connectivity index (χ0) is 17.4. The van der Waals surface area contributed by atoms with Crippen molar-refractivity contribution < 1.29 is 9.59 Å². The van der Waals surface area contributed by atoms with E-state index in [1.165, 1.54) is 0 Å². The molecule has 0 radical (unpaired) electrons. The van der Waals surface area contributed by atoms with Gasteiger partial charge >= 0.3 is 12.1 Å². The van der Waals surface area contributed by atoms with Crippen molar-refractivity contribution in [2.45, 2.75) is 19.4 Å². The lowest BCUT2D eigenvalue weighted by molar-refractivity contribution is 0.238. The third-order valence-corrected chi connectivity index (χ3v) is 3.42. The van der Waals surface area contributed by atoms with Crippen molar-refractivity contribution in [3.8, 4) is 0 Å². The number of carbonyl (C=O) groups is 2. The quantitative estimate of drug-likeness (QED) is 0.653. The maximum Gasteiger partial charge on any atom is 0.316 e. The lowest BCUT2D eigenvalue weighted by Crippen LogP contribution is -2.38. The van der Waals surface area contributed by atoms with Crippen molar-refractivity contribution in [3.63, 3.8) is 0 Å². The second kappa shape index (κ2) is 8.52. The van der Waals surface area contributed by atoms with Crippen LogP contribution in [0.2, 0.25) is 0 Å². The number of nitrogens with zero attached hydrogens (tertiary/aromatic N) is 1. The fraction of sp³-hybridized carbons (Fsp3) is 0.235. The second-order valence-electron chi connectivity index (χ2n) is 5.30. The van der Waals surface area contributed by atoms with Gasteiger partial charge in [0.1, 0.15) is 0 Å². The molecule has 126 valence electrons. The highest BCUT2D eigenvalue weighted by Gasteiger charge is 2.09. The summed E-state index contributed by atoms with van der Waals surface area (Å²) in [5, 5.41) is 8.15. The van der Waals surface area contributed by atoms with Crippen molar-refractivity contribution in [2.75, 3.05) is 11.9 Å². The average molecular weight is 327 g/mol. The molecular weight excluding hydrogens is 306 g/mol. The molecule has 1 aromatic heterocycles. The Labute approximate surface area is 140 Å². The SMILES string of the molecule is C[C@@H](NC(=O)NCCc1ccccn1)c1ccc(NC(N)=O)cc1. The molecule has 1 aromatic carbocycles. The molecule has 2 rings (SSSR count). The largest absolute Gasteiger partial charge is 0.351 e. The summed E-state index contributed by atoms with van der Waals surface area (Å²) >= 11 is 0. The van der Waals surface area contributed by atoms with Crippen molar-refractivity contribution in [3.05, 3.63) is 59.9 Å². The molecule has 2 aromatic rings. The van der Waals surface area contributed by atoms with Gasteiger partial charge in [0.2, 0.25) is 0 Å². The Hall–Kier alpha value is -3.09. The van der Waals surface area contributed by atoms with Gasteiger partial charge in [-0.1, -0.05) is 18.2 Å². The van der Waals surface area contributed by atoms with Gasteiger partial charge in [0, 0.05) is 30.5 Å². The number of aromatic nitrogens is 1. The number of anilines is 1. The molecule has 7 nitrogen and oxygen atoms in total. The number of primary amides is 1. The van der Waals surface area contributed by atoms with Crippen LogP contribution in [0.3, 0.4) is 0 Å². The van der Waals surface area contributed by atoms with Gasteiger partial charge in [0.25, 0.3) is 0 Å². The average Bonchev–Trinajstić information content (AvgIpc) is 2.56. The summed E-state index contributed by atoms with van der Waals surface area (Å²) in [7, 11) is 0. The number of nitrogens with one attached hydrogen (secondary N) is 3. The van der Waals surface area contributed by atoms with E-state index < -0.39 is 6.03 Å². The Morgan fingerprint density at radius 2 is 1.92 bits per heavy atom. The molecule has 0 saturated heterocycles. The maximum absolute atomic E-state index is 11.9. The third kappa shape index (κ3) is 5.60. The van der Waals surface area contributed by atoms with Gasteiger partial charge in [-0.15, -0.1) is 0 Å². The molecular formula is C17H21N5O2. The van der Waals surface area contributed by atoms with Crippen LogP contribution in [0.4, 0.5) is 15.3 Å². The van der Waals surface area contributed by atoms with Gasteiger partial charge in [-0.3, -0.25) is 4.98 Å². The minimum Gasteiger partial charge on any atom is -0.351 e. The van der Waals surface area contributed by atoms with Gasteiger partial charge in [-0.05, 0) is 36.8 Å². The van der Waals surface area contributed by atoms with Crippen LogP contribution >= 0.6 is 0 Å². The van der Waals surface area contributed by atoms with Gasteiger partial charge in [-0.25, -0.2) is 9.59 Å². The van der Waals surface area contributed by atoms with Crippen LogP contribution in [-0.4, -0.2) is 23.6 Å².